The van der Waals surface area contributed by atoms with Crippen molar-refractivity contribution < 1.29 is 27.4 Å². The third kappa shape index (κ3) is 7.69. The normalized spacial score (nSPS) is 16.2. The van der Waals surface area contributed by atoms with Crippen LogP contribution in [-0.4, -0.2) is 36.7 Å². The predicted molar refractivity (Wildman–Crippen MR) is 106 cm³/mol. The summed E-state index contributed by atoms with van der Waals surface area (Å²) >= 11 is 0. The van der Waals surface area contributed by atoms with Crippen molar-refractivity contribution in [1.29, 1.82) is 0 Å². The summed E-state index contributed by atoms with van der Waals surface area (Å²) in [5, 5.41) is 5.92. The van der Waals surface area contributed by atoms with Gasteiger partial charge >= 0.3 is 6.18 Å². The van der Waals surface area contributed by atoms with Gasteiger partial charge in [0.1, 0.15) is 5.75 Å². The largest absolute Gasteiger partial charge is 0.439 e. The molecule has 0 aliphatic carbocycles. The Labute approximate surface area is 178 Å². The van der Waals surface area contributed by atoms with Gasteiger partial charge in [-0.2, -0.15) is 13.2 Å². The molecule has 2 heterocycles. The van der Waals surface area contributed by atoms with Gasteiger partial charge in [0, 0.05) is 25.1 Å². The number of carbonyl (C=O) groups is 1. The van der Waals surface area contributed by atoms with E-state index in [0.29, 0.717) is 18.9 Å². The maximum atomic E-state index is 12.5. The van der Waals surface area contributed by atoms with Crippen LogP contribution in [0.5, 0.6) is 11.6 Å². The molecule has 3 rings (SSSR count). The molecule has 11 heteroatoms. The Bertz CT molecular complexity index is 769. The summed E-state index contributed by atoms with van der Waals surface area (Å²) in [6, 6.07) is 7.43. The predicted octanol–water partition coefficient (Wildman–Crippen LogP) is 4.05. The van der Waals surface area contributed by atoms with Crippen LogP contribution in [0.4, 0.5) is 18.9 Å². The fourth-order valence-corrected chi connectivity index (χ4v) is 2.53. The maximum Gasteiger partial charge on any atom is 0.416 e. The first kappa shape index (κ1) is 25.0. The van der Waals surface area contributed by atoms with E-state index in [9.17, 15) is 18.0 Å². The Balaban J connectivity index is 0.00000210. The number of nitrogens with zero attached hydrogens (tertiary/aromatic N) is 1. The zero-order valence-corrected chi connectivity index (χ0v) is 16.7. The number of halogens is 5. The molecule has 1 unspecified atom stereocenters. The van der Waals surface area contributed by atoms with Crippen molar-refractivity contribution in [2.75, 3.05) is 25.1 Å². The third-order valence-corrected chi connectivity index (χ3v) is 3.85. The molecule has 0 spiro atoms. The van der Waals surface area contributed by atoms with Crippen molar-refractivity contribution in [3.63, 3.8) is 0 Å². The highest BCUT2D eigenvalue weighted by Gasteiger charge is 2.30. The molecule has 0 bridgehead atoms. The van der Waals surface area contributed by atoms with Crippen LogP contribution < -0.4 is 15.4 Å². The van der Waals surface area contributed by atoms with Gasteiger partial charge in [-0.05, 0) is 30.3 Å². The van der Waals surface area contributed by atoms with E-state index in [1.165, 1.54) is 24.4 Å². The first-order chi connectivity index (χ1) is 12.9. The zero-order valence-electron chi connectivity index (χ0n) is 15.1. The molecule has 1 aromatic heterocycles. The lowest BCUT2D eigenvalue weighted by Gasteiger charge is -2.23. The topological polar surface area (TPSA) is 72.5 Å². The molecule has 2 N–H and O–H groups in total. The average molecular weight is 454 g/mol. The van der Waals surface area contributed by atoms with Gasteiger partial charge < -0.3 is 20.1 Å². The van der Waals surface area contributed by atoms with Crippen LogP contribution in [-0.2, 0) is 15.7 Å². The van der Waals surface area contributed by atoms with Gasteiger partial charge in [0.2, 0.25) is 11.8 Å². The Hall–Kier alpha value is -2.07. The summed E-state index contributed by atoms with van der Waals surface area (Å²) in [4.78, 5) is 16.1. The van der Waals surface area contributed by atoms with Gasteiger partial charge in [-0.1, -0.05) is 0 Å². The molecule has 29 heavy (non-hydrogen) atoms. The second-order valence-electron chi connectivity index (χ2n) is 5.99. The van der Waals surface area contributed by atoms with Gasteiger partial charge in [-0.3, -0.25) is 4.79 Å². The molecule has 2 aromatic rings. The van der Waals surface area contributed by atoms with E-state index in [1.807, 2.05) is 0 Å². The van der Waals surface area contributed by atoms with E-state index in [-0.39, 0.29) is 54.8 Å². The van der Waals surface area contributed by atoms with Crippen molar-refractivity contribution in [1.82, 2.24) is 10.3 Å². The van der Waals surface area contributed by atoms with E-state index in [0.717, 1.165) is 18.7 Å². The smallest absolute Gasteiger partial charge is 0.416 e. The zero-order chi connectivity index (χ0) is 19.3. The van der Waals surface area contributed by atoms with E-state index in [4.69, 9.17) is 9.47 Å². The molecule has 1 fully saturated rings. The number of morpholine rings is 1. The van der Waals surface area contributed by atoms with Crippen LogP contribution in [0.25, 0.3) is 0 Å². The van der Waals surface area contributed by atoms with Gasteiger partial charge in [-0.15, -0.1) is 24.8 Å². The number of pyridine rings is 1. The van der Waals surface area contributed by atoms with Crippen molar-refractivity contribution in [2.45, 2.75) is 18.6 Å². The summed E-state index contributed by atoms with van der Waals surface area (Å²) < 4.78 is 48.3. The molecule has 0 saturated carbocycles. The number of hydrogen-bond acceptors (Lipinski definition) is 5. The molecule has 1 aliphatic heterocycles. The molecule has 1 saturated heterocycles. The molecular weight excluding hydrogens is 434 g/mol. The van der Waals surface area contributed by atoms with Gasteiger partial charge in [0.15, 0.2) is 0 Å². The number of amides is 1. The summed E-state index contributed by atoms with van der Waals surface area (Å²) in [6.07, 6.45) is -2.69. The van der Waals surface area contributed by atoms with Crippen LogP contribution >= 0.6 is 24.8 Å². The fourth-order valence-electron chi connectivity index (χ4n) is 2.53. The minimum atomic E-state index is -4.39. The molecular formula is C18H20Cl2F3N3O3. The number of nitrogens with one attached hydrogen (secondary N) is 2. The number of hydrogen-bond donors (Lipinski definition) is 2. The number of aromatic nitrogens is 1. The van der Waals surface area contributed by atoms with Crippen molar-refractivity contribution >= 4 is 36.4 Å². The highest BCUT2D eigenvalue weighted by Crippen LogP contribution is 2.31. The molecule has 0 radical (unpaired) electrons. The van der Waals surface area contributed by atoms with Gasteiger partial charge in [0.25, 0.3) is 0 Å². The summed E-state index contributed by atoms with van der Waals surface area (Å²) in [5.41, 5.74) is -0.254. The van der Waals surface area contributed by atoms with Gasteiger partial charge in [-0.25, -0.2) is 4.98 Å². The minimum absolute atomic E-state index is 0. The van der Waals surface area contributed by atoms with Crippen molar-refractivity contribution in [2.24, 2.45) is 0 Å². The number of ether oxygens (including phenoxy) is 2. The van der Waals surface area contributed by atoms with Gasteiger partial charge in [0.05, 0.1) is 30.7 Å². The van der Waals surface area contributed by atoms with Crippen molar-refractivity contribution in [3.05, 3.63) is 48.2 Å². The molecule has 1 aliphatic rings. The lowest BCUT2D eigenvalue weighted by molar-refractivity contribution is -0.137. The lowest BCUT2D eigenvalue weighted by Crippen LogP contribution is -2.43. The highest BCUT2D eigenvalue weighted by atomic mass is 35.5. The molecule has 6 nitrogen and oxygen atoms in total. The third-order valence-electron chi connectivity index (χ3n) is 3.85. The van der Waals surface area contributed by atoms with Crippen molar-refractivity contribution in [3.8, 4) is 11.6 Å². The Morgan fingerprint density at radius 2 is 1.93 bits per heavy atom. The van der Waals surface area contributed by atoms with E-state index < -0.39 is 11.7 Å². The van der Waals surface area contributed by atoms with Crippen LogP contribution in [0.1, 0.15) is 12.0 Å². The highest BCUT2D eigenvalue weighted by molar-refractivity contribution is 5.91. The summed E-state index contributed by atoms with van der Waals surface area (Å²) in [5.74, 6) is 0.266. The van der Waals surface area contributed by atoms with Crippen LogP contribution in [0.2, 0.25) is 0 Å². The Morgan fingerprint density at radius 1 is 1.21 bits per heavy atom. The SMILES string of the molecule is Cl.Cl.O=C(CC1COCCN1)Nc1ccc(Oc2ccc(C(F)(F)F)cc2)nc1. The number of rotatable bonds is 5. The van der Waals surface area contributed by atoms with Crippen LogP contribution in [0.3, 0.4) is 0 Å². The quantitative estimate of drug-likeness (QED) is 0.714. The first-order valence-electron chi connectivity index (χ1n) is 8.32. The summed E-state index contributed by atoms with van der Waals surface area (Å²) in [6.45, 7) is 1.85. The van der Waals surface area contributed by atoms with E-state index in [2.05, 4.69) is 15.6 Å². The van der Waals surface area contributed by atoms with E-state index in [1.54, 1.807) is 6.07 Å². The van der Waals surface area contributed by atoms with Crippen LogP contribution in [0, 0.1) is 0 Å². The molecule has 160 valence electrons. The monoisotopic (exact) mass is 453 g/mol. The Morgan fingerprint density at radius 3 is 2.48 bits per heavy atom. The number of anilines is 1. The lowest BCUT2D eigenvalue weighted by atomic mass is 10.2. The number of carbonyl (C=O) groups excluding carboxylic acids is 1. The second kappa shape index (κ2) is 11.2. The standard InChI is InChI=1S/C18H18F3N3O3.2ClH/c19-18(20,21)12-1-4-15(5-2-12)27-17-6-3-13(10-23-17)24-16(25)9-14-11-26-8-7-22-14;;/h1-6,10,14,22H,7-9,11H2,(H,24,25);2*1H. The minimum Gasteiger partial charge on any atom is -0.439 e. The first-order valence-corrected chi connectivity index (χ1v) is 8.32. The second-order valence-corrected chi connectivity index (χ2v) is 5.99. The Kier molecular flexibility index (Phi) is 9.64. The molecule has 1 amide bonds. The van der Waals surface area contributed by atoms with E-state index >= 15 is 0 Å². The number of alkyl halides is 3. The van der Waals surface area contributed by atoms with Crippen LogP contribution in [0.15, 0.2) is 42.6 Å². The molecule has 1 atom stereocenters. The average Bonchev–Trinajstić information content (AvgIpc) is 2.64. The summed E-state index contributed by atoms with van der Waals surface area (Å²) in [7, 11) is 0. The number of benzene rings is 1. The fraction of sp³-hybridized carbons (Fsp3) is 0.333. The molecule has 1 aromatic carbocycles. The maximum absolute atomic E-state index is 12.5.